The number of thioether (sulfide) groups is 1. The molecule has 0 aliphatic heterocycles. The van der Waals surface area contributed by atoms with Crippen LogP contribution in [0.25, 0.3) is 0 Å². The lowest BCUT2D eigenvalue weighted by Crippen LogP contribution is -2.25. The van der Waals surface area contributed by atoms with Gasteiger partial charge in [0.25, 0.3) is 0 Å². The van der Waals surface area contributed by atoms with Gasteiger partial charge in [0.05, 0.1) is 5.25 Å². The molecule has 0 fully saturated rings. The summed E-state index contributed by atoms with van der Waals surface area (Å²) < 4.78 is 2.01. The van der Waals surface area contributed by atoms with Gasteiger partial charge in [-0.15, -0.1) is 10.2 Å². The molecule has 2 heterocycles. The molecular weight excluding hydrogens is 264 g/mol. The summed E-state index contributed by atoms with van der Waals surface area (Å²) in [5, 5.41) is 13.7. The van der Waals surface area contributed by atoms with Crippen LogP contribution in [0.2, 0.25) is 0 Å². The third kappa shape index (κ3) is 2.76. The first-order valence-corrected chi connectivity index (χ1v) is 7.76. The van der Waals surface area contributed by atoms with E-state index in [1.54, 1.807) is 23.1 Å². The Kier molecular flexibility index (Phi) is 4.42. The highest BCUT2D eigenvalue weighted by Gasteiger charge is 2.22. The van der Waals surface area contributed by atoms with E-state index in [1.807, 2.05) is 18.5 Å². The number of nitrogens with zero attached hydrogens (tertiary/aromatic N) is 3. The first-order chi connectivity index (χ1) is 8.63. The van der Waals surface area contributed by atoms with Crippen molar-refractivity contribution in [2.24, 2.45) is 12.8 Å². The zero-order chi connectivity index (χ0) is 13.1. The summed E-state index contributed by atoms with van der Waals surface area (Å²) in [4.78, 5) is 0. The molecule has 0 aliphatic rings. The van der Waals surface area contributed by atoms with Crippen LogP contribution in [-0.2, 0) is 7.05 Å². The van der Waals surface area contributed by atoms with Gasteiger partial charge in [0.2, 0.25) is 0 Å². The largest absolute Gasteiger partial charge is 0.326 e. The standard InChI is InChI=1S/C12H18N4S2/c1-4-10(13)11(9-5-6-17-7-9)18-12-15-14-8(2)16(12)3/h5-7,10-11H,4,13H2,1-3H3. The quantitative estimate of drug-likeness (QED) is 0.857. The maximum atomic E-state index is 6.24. The fourth-order valence-electron chi connectivity index (χ4n) is 1.66. The molecular formula is C12H18N4S2. The molecule has 0 aliphatic carbocycles. The van der Waals surface area contributed by atoms with Gasteiger partial charge in [-0.2, -0.15) is 11.3 Å². The summed E-state index contributed by atoms with van der Waals surface area (Å²) >= 11 is 3.40. The molecule has 2 N–H and O–H groups in total. The summed E-state index contributed by atoms with van der Waals surface area (Å²) in [7, 11) is 1.99. The van der Waals surface area contributed by atoms with Crippen molar-refractivity contribution in [1.82, 2.24) is 14.8 Å². The molecule has 6 heteroatoms. The van der Waals surface area contributed by atoms with Crippen LogP contribution < -0.4 is 5.73 Å². The normalized spacial score (nSPS) is 14.7. The van der Waals surface area contributed by atoms with E-state index in [9.17, 15) is 0 Å². The van der Waals surface area contributed by atoms with Crippen molar-refractivity contribution in [3.8, 4) is 0 Å². The zero-order valence-electron chi connectivity index (χ0n) is 10.8. The van der Waals surface area contributed by atoms with E-state index in [1.165, 1.54) is 5.56 Å². The third-order valence-electron chi connectivity index (χ3n) is 3.02. The molecule has 2 rings (SSSR count). The topological polar surface area (TPSA) is 56.7 Å². The molecule has 0 radical (unpaired) electrons. The fraction of sp³-hybridized carbons (Fsp3) is 0.500. The smallest absolute Gasteiger partial charge is 0.191 e. The van der Waals surface area contributed by atoms with Crippen molar-refractivity contribution in [2.45, 2.75) is 36.7 Å². The minimum atomic E-state index is 0.126. The van der Waals surface area contributed by atoms with Crippen LogP contribution in [0.15, 0.2) is 22.0 Å². The monoisotopic (exact) mass is 282 g/mol. The number of rotatable bonds is 5. The molecule has 18 heavy (non-hydrogen) atoms. The van der Waals surface area contributed by atoms with Crippen LogP contribution in [-0.4, -0.2) is 20.8 Å². The van der Waals surface area contributed by atoms with Gasteiger partial charge in [0.1, 0.15) is 5.82 Å². The highest BCUT2D eigenvalue weighted by atomic mass is 32.2. The van der Waals surface area contributed by atoms with Gasteiger partial charge in [-0.05, 0) is 35.7 Å². The predicted molar refractivity (Wildman–Crippen MR) is 76.9 cm³/mol. The summed E-state index contributed by atoms with van der Waals surface area (Å²) in [6.45, 7) is 4.07. The van der Waals surface area contributed by atoms with Crippen molar-refractivity contribution < 1.29 is 0 Å². The number of hydrogen-bond acceptors (Lipinski definition) is 5. The van der Waals surface area contributed by atoms with Crippen LogP contribution >= 0.6 is 23.1 Å². The Morgan fingerprint density at radius 1 is 1.50 bits per heavy atom. The second-order valence-electron chi connectivity index (χ2n) is 4.26. The number of nitrogens with two attached hydrogens (primary N) is 1. The van der Waals surface area contributed by atoms with E-state index < -0.39 is 0 Å². The SMILES string of the molecule is CCC(N)C(Sc1nnc(C)n1C)c1ccsc1. The average molecular weight is 282 g/mol. The van der Waals surface area contributed by atoms with Crippen molar-refractivity contribution >= 4 is 23.1 Å². The Hall–Kier alpha value is -0.850. The molecule has 0 saturated carbocycles. The molecule has 2 atom stereocenters. The molecule has 0 spiro atoms. The highest BCUT2D eigenvalue weighted by molar-refractivity contribution is 7.99. The molecule has 0 amide bonds. The van der Waals surface area contributed by atoms with Gasteiger partial charge >= 0.3 is 0 Å². The maximum absolute atomic E-state index is 6.24. The van der Waals surface area contributed by atoms with E-state index in [0.29, 0.717) is 0 Å². The summed E-state index contributed by atoms with van der Waals surface area (Å²) in [6, 6.07) is 2.27. The minimum Gasteiger partial charge on any atom is -0.326 e. The van der Waals surface area contributed by atoms with E-state index in [0.717, 1.165) is 17.4 Å². The van der Waals surface area contributed by atoms with Crippen LogP contribution in [0.1, 0.15) is 30.0 Å². The second-order valence-corrected chi connectivity index (χ2v) is 6.14. The maximum Gasteiger partial charge on any atom is 0.191 e. The van der Waals surface area contributed by atoms with Crippen molar-refractivity contribution in [1.29, 1.82) is 0 Å². The highest BCUT2D eigenvalue weighted by Crippen LogP contribution is 2.37. The van der Waals surface area contributed by atoms with Crippen LogP contribution in [0.3, 0.4) is 0 Å². The fourth-order valence-corrected chi connectivity index (χ4v) is 3.70. The van der Waals surface area contributed by atoms with Crippen molar-refractivity contribution in [3.63, 3.8) is 0 Å². The van der Waals surface area contributed by atoms with E-state index in [2.05, 4.69) is 33.9 Å². The molecule has 4 nitrogen and oxygen atoms in total. The minimum absolute atomic E-state index is 0.126. The molecule has 2 unspecified atom stereocenters. The van der Waals surface area contributed by atoms with Gasteiger partial charge < -0.3 is 10.3 Å². The van der Waals surface area contributed by atoms with E-state index in [-0.39, 0.29) is 11.3 Å². The molecule has 0 aromatic carbocycles. The number of aryl methyl sites for hydroxylation is 1. The molecule has 2 aromatic heterocycles. The van der Waals surface area contributed by atoms with Crippen LogP contribution in [0, 0.1) is 6.92 Å². The van der Waals surface area contributed by atoms with Crippen LogP contribution in [0.5, 0.6) is 0 Å². The summed E-state index contributed by atoms with van der Waals surface area (Å²) in [5.74, 6) is 0.923. The number of aromatic nitrogens is 3. The average Bonchev–Trinajstić information content (AvgIpc) is 2.99. The molecule has 2 aromatic rings. The second kappa shape index (κ2) is 5.86. The van der Waals surface area contributed by atoms with Crippen molar-refractivity contribution in [3.05, 3.63) is 28.2 Å². The first-order valence-electron chi connectivity index (χ1n) is 5.93. The molecule has 98 valence electrons. The van der Waals surface area contributed by atoms with Crippen molar-refractivity contribution in [2.75, 3.05) is 0 Å². The zero-order valence-corrected chi connectivity index (χ0v) is 12.5. The predicted octanol–water partition coefficient (Wildman–Crippen LogP) is 2.76. The lowest BCUT2D eigenvalue weighted by molar-refractivity contribution is 0.631. The Morgan fingerprint density at radius 3 is 2.78 bits per heavy atom. The summed E-state index contributed by atoms with van der Waals surface area (Å²) in [6.07, 6.45) is 0.949. The van der Waals surface area contributed by atoms with Gasteiger partial charge in [0.15, 0.2) is 5.16 Å². The summed E-state index contributed by atoms with van der Waals surface area (Å²) in [5.41, 5.74) is 7.52. The Labute approximate surface area is 116 Å². The third-order valence-corrected chi connectivity index (χ3v) is 5.16. The molecule has 0 bridgehead atoms. The Bertz CT molecular complexity index is 492. The Morgan fingerprint density at radius 2 is 2.28 bits per heavy atom. The lowest BCUT2D eigenvalue weighted by atomic mass is 10.1. The van der Waals surface area contributed by atoms with Crippen LogP contribution in [0.4, 0.5) is 0 Å². The number of thiophene rings is 1. The Balaban J connectivity index is 2.23. The van der Waals surface area contributed by atoms with E-state index >= 15 is 0 Å². The lowest BCUT2D eigenvalue weighted by Gasteiger charge is -2.21. The first kappa shape index (κ1) is 13.6. The molecule has 0 saturated heterocycles. The van der Waals surface area contributed by atoms with Gasteiger partial charge in [-0.1, -0.05) is 18.7 Å². The van der Waals surface area contributed by atoms with E-state index in [4.69, 9.17) is 5.73 Å². The van der Waals surface area contributed by atoms with Gasteiger partial charge in [-0.3, -0.25) is 0 Å². The number of hydrogen-bond donors (Lipinski definition) is 1. The van der Waals surface area contributed by atoms with Gasteiger partial charge in [-0.25, -0.2) is 0 Å². The van der Waals surface area contributed by atoms with Gasteiger partial charge in [0, 0.05) is 13.1 Å².